The number of fused-ring (bicyclic) bond motifs is 3. The standard InChI is InChI=1S/C11H9N3.C6H13N/c1-3-8-9-7-12-5-2-4-10(9)14-11(8)13-6-1;1-7-5-3-2-4-6-7/h1-4,6-7H,5H2,(H,13,14);2-6H2,1H3. The summed E-state index contributed by atoms with van der Waals surface area (Å²) in [5.74, 6) is 0. The third-order valence-corrected chi connectivity index (χ3v) is 3.94. The second kappa shape index (κ2) is 6.68. The van der Waals surface area contributed by atoms with E-state index in [1.54, 1.807) is 6.20 Å². The van der Waals surface area contributed by atoms with Gasteiger partial charge in [0.05, 0.1) is 6.54 Å². The molecule has 2 aliphatic rings. The first-order chi connectivity index (χ1) is 10.3. The third kappa shape index (κ3) is 3.39. The van der Waals surface area contributed by atoms with Crippen LogP contribution >= 0.6 is 0 Å². The molecule has 0 spiro atoms. The van der Waals surface area contributed by atoms with E-state index in [-0.39, 0.29) is 0 Å². The number of pyridine rings is 1. The van der Waals surface area contributed by atoms with Crippen molar-refractivity contribution < 1.29 is 0 Å². The molecule has 21 heavy (non-hydrogen) atoms. The topological polar surface area (TPSA) is 44.3 Å². The van der Waals surface area contributed by atoms with Crippen LogP contribution in [0.3, 0.4) is 0 Å². The molecule has 4 nitrogen and oxygen atoms in total. The highest BCUT2D eigenvalue weighted by Crippen LogP contribution is 2.21. The molecule has 2 aromatic rings. The molecule has 4 rings (SSSR count). The van der Waals surface area contributed by atoms with Crippen molar-refractivity contribution in [2.75, 3.05) is 26.7 Å². The van der Waals surface area contributed by atoms with Crippen molar-refractivity contribution in [2.45, 2.75) is 19.3 Å². The van der Waals surface area contributed by atoms with E-state index < -0.39 is 0 Å². The van der Waals surface area contributed by atoms with E-state index in [1.165, 1.54) is 32.4 Å². The predicted octanol–water partition coefficient (Wildman–Crippen LogP) is 3.11. The van der Waals surface area contributed by atoms with Gasteiger partial charge in [-0.1, -0.05) is 12.5 Å². The molecule has 2 aliphatic heterocycles. The molecular formula is C17H22N4. The summed E-state index contributed by atoms with van der Waals surface area (Å²) in [6.07, 6.45) is 12.1. The van der Waals surface area contributed by atoms with Gasteiger partial charge < -0.3 is 9.88 Å². The van der Waals surface area contributed by atoms with Crippen molar-refractivity contribution in [3.05, 3.63) is 35.7 Å². The molecule has 2 aromatic heterocycles. The number of aliphatic imine (C=N–C) groups is 1. The smallest absolute Gasteiger partial charge is 0.138 e. The van der Waals surface area contributed by atoms with E-state index in [4.69, 9.17) is 0 Å². The number of piperidine rings is 1. The number of H-pyrrole nitrogens is 1. The maximum atomic E-state index is 4.27. The van der Waals surface area contributed by atoms with Gasteiger partial charge in [0, 0.05) is 29.1 Å². The lowest BCUT2D eigenvalue weighted by atomic mass is 10.1. The molecule has 0 aliphatic carbocycles. The first-order valence-electron chi connectivity index (χ1n) is 7.66. The molecule has 0 bridgehead atoms. The largest absolute Gasteiger partial charge is 0.339 e. The van der Waals surface area contributed by atoms with E-state index in [2.05, 4.69) is 39.1 Å². The molecule has 110 valence electrons. The quantitative estimate of drug-likeness (QED) is 0.807. The van der Waals surface area contributed by atoms with Gasteiger partial charge in [-0.15, -0.1) is 0 Å². The highest BCUT2D eigenvalue weighted by Gasteiger charge is 2.08. The monoisotopic (exact) mass is 282 g/mol. The van der Waals surface area contributed by atoms with E-state index in [0.717, 1.165) is 28.8 Å². The highest BCUT2D eigenvalue weighted by molar-refractivity contribution is 6.02. The Morgan fingerprint density at radius 3 is 2.81 bits per heavy atom. The van der Waals surface area contributed by atoms with Crippen LogP contribution in [0.15, 0.2) is 29.4 Å². The number of aromatic nitrogens is 2. The molecule has 1 N–H and O–H groups in total. The van der Waals surface area contributed by atoms with Crippen molar-refractivity contribution in [1.29, 1.82) is 0 Å². The lowest BCUT2D eigenvalue weighted by Crippen LogP contribution is -2.24. The van der Waals surface area contributed by atoms with Crippen LogP contribution in [0.4, 0.5) is 0 Å². The molecule has 4 heteroatoms. The van der Waals surface area contributed by atoms with Crippen LogP contribution in [0.1, 0.15) is 30.5 Å². The molecule has 0 unspecified atom stereocenters. The number of rotatable bonds is 0. The number of nitrogens with one attached hydrogen (secondary N) is 1. The first-order valence-corrected chi connectivity index (χ1v) is 7.66. The minimum Gasteiger partial charge on any atom is -0.339 e. The van der Waals surface area contributed by atoms with E-state index in [1.807, 2.05) is 18.4 Å². The van der Waals surface area contributed by atoms with Gasteiger partial charge in [-0.25, -0.2) is 4.98 Å². The second-order valence-corrected chi connectivity index (χ2v) is 5.61. The van der Waals surface area contributed by atoms with Crippen molar-refractivity contribution in [3.8, 4) is 0 Å². The van der Waals surface area contributed by atoms with Crippen LogP contribution in [-0.4, -0.2) is 47.8 Å². The summed E-state index contributed by atoms with van der Waals surface area (Å²) in [4.78, 5) is 14.2. The summed E-state index contributed by atoms with van der Waals surface area (Å²) in [5.41, 5.74) is 3.16. The maximum Gasteiger partial charge on any atom is 0.138 e. The van der Waals surface area contributed by atoms with Gasteiger partial charge in [0.15, 0.2) is 0 Å². The fourth-order valence-electron chi connectivity index (χ4n) is 2.76. The summed E-state index contributed by atoms with van der Waals surface area (Å²) in [6.45, 7) is 3.39. The molecule has 0 aromatic carbocycles. The summed E-state index contributed by atoms with van der Waals surface area (Å²) >= 11 is 0. The molecule has 1 saturated heterocycles. The Hall–Kier alpha value is -1.94. The molecule has 0 atom stereocenters. The Morgan fingerprint density at radius 2 is 2.05 bits per heavy atom. The maximum absolute atomic E-state index is 4.27. The Labute approximate surface area is 125 Å². The highest BCUT2D eigenvalue weighted by atomic mass is 15.1. The van der Waals surface area contributed by atoms with Gasteiger partial charge >= 0.3 is 0 Å². The van der Waals surface area contributed by atoms with Crippen LogP contribution in [0, 0.1) is 0 Å². The molecule has 1 fully saturated rings. The van der Waals surface area contributed by atoms with E-state index >= 15 is 0 Å². The second-order valence-electron chi connectivity index (χ2n) is 5.61. The summed E-state index contributed by atoms with van der Waals surface area (Å²) in [7, 11) is 2.19. The Kier molecular flexibility index (Phi) is 4.46. The molecular weight excluding hydrogens is 260 g/mol. The predicted molar refractivity (Wildman–Crippen MR) is 88.9 cm³/mol. The van der Waals surface area contributed by atoms with Gasteiger partial charge in [0.1, 0.15) is 5.65 Å². The summed E-state index contributed by atoms with van der Waals surface area (Å²) in [6, 6.07) is 4.00. The van der Waals surface area contributed by atoms with Crippen LogP contribution in [0.25, 0.3) is 17.1 Å². The summed E-state index contributed by atoms with van der Waals surface area (Å²) < 4.78 is 0. The molecule has 0 saturated carbocycles. The van der Waals surface area contributed by atoms with E-state index in [0.29, 0.717) is 0 Å². The average Bonchev–Trinajstić information content (AvgIpc) is 2.70. The Bertz CT molecular complexity index is 648. The zero-order chi connectivity index (χ0) is 14.5. The lowest BCUT2D eigenvalue weighted by molar-refractivity contribution is 0.277. The van der Waals surface area contributed by atoms with Crippen molar-refractivity contribution in [3.63, 3.8) is 0 Å². The normalized spacial score (nSPS) is 18.0. The fraction of sp³-hybridized carbons (Fsp3) is 0.412. The van der Waals surface area contributed by atoms with Gasteiger partial charge in [0.2, 0.25) is 0 Å². The lowest BCUT2D eigenvalue weighted by Gasteiger charge is -2.20. The minimum atomic E-state index is 0.754. The SMILES string of the molecule is C1=Cc2[nH]c3ncccc3c2C=NC1.CN1CCCCC1. The number of hydrogen-bond acceptors (Lipinski definition) is 3. The molecule has 4 heterocycles. The Morgan fingerprint density at radius 1 is 1.19 bits per heavy atom. The number of nitrogens with zero attached hydrogens (tertiary/aromatic N) is 3. The molecule has 0 amide bonds. The fourth-order valence-corrected chi connectivity index (χ4v) is 2.76. The van der Waals surface area contributed by atoms with Crippen molar-refractivity contribution in [2.24, 2.45) is 4.99 Å². The van der Waals surface area contributed by atoms with Gasteiger partial charge in [-0.3, -0.25) is 4.99 Å². The van der Waals surface area contributed by atoms with Gasteiger partial charge in [-0.05, 0) is 51.2 Å². The van der Waals surface area contributed by atoms with Crippen molar-refractivity contribution >= 4 is 23.3 Å². The van der Waals surface area contributed by atoms with Gasteiger partial charge in [0.25, 0.3) is 0 Å². The van der Waals surface area contributed by atoms with Gasteiger partial charge in [-0.2, -0.15) is 0 Å². The van der Waals surface area contributed by atoms with Crippen LogP contribution in [-0.2, 0) is 0 Å². The average molecular weight is 282 g/mol. The number of aromatic amines is 1. The zero-order valence-corrected chi connectivity index (χ0v) is 12.5. The number of likely N-dealkylation sites (tertiary alicyclic amines) is 1. The molecule has 0 radical (unpaired) electrons. The van der Waals surface area contributed by atoms with Crippen LogP contribution < -0.4 is 0 Å². The first kappa shape index (κ1) is 14.0. The van der Waals surface area contributed by atoms with E-state index in [9.17, 15) is 0 Å². The van der Waals surface area contributed by atoms with Crippen LogP contribution in [0.2, 0.25) is 0 Å². The summed E-state index contributed by atoms with van der Waals surface area (Å²) in [5, 5.41) is 1.14. The Balaban J connectivity index is 0.000000160. The minimum absolute atomic E-state index is 0.754. The third-order valence-electron chi connectivity index (χ3n) is 3.94. The van der Waals surface area contributed by atoms with Crippen LogP contribution in [0.5, 0.6) is 0 Å². The van der Waals surface area contributed by atoms with Crippen molar-refractivity contribution in [1.82, 2.24) is 14.9 Å². The zero-order valence-electron chi connectivity index (χ0n) is 12.5. The number of hydrogen-bond donors (Lipinski definition) is 1.